The molecule has 3 nitrogen and oxygen atoms in total. The maximum Gasteiger partial charge on any atom is 0.227 e. The van der Waals surface area contributed by atoms with Gasteiger partial charge < -0.3 is 10.2 Å². The van der Waals surface area contributed by atoms with E-state index in [1.807, 2.05) is 6.92 Å². The monoisotopic (exact) mass is 366 g/mol. The predicted octanol–water partition coefficient (Wildman–Crippen LogP) is 4.40. The Bertz CT molecular complexity index is 495. The molecule has 1 aromatic rings. The zero-order chi connectivity index (χ0) is 17.4. The maximum atomic E-state index is 12.3. The van der Waals surface area contributed by atoms with E-state index >= 15 is 0 Å². The molecule has 0 radical (unpaired) electrons. The summed E-state index contributed by atoms with van der Waals surface area (Å²) >= 11 is 0. The minimum atomic E-state index is -0.0758. The van der Waals surface area contributed by atoms with Gasteiger partial charge in [0.15, 0.2) is 0 Å². The lowest BCUT2D eigenvalue weighted by atomic mass is 9.96. The van der Waals surface area contributed by atoms with Crippen LogP contribution in [0.15, 0.2) is 24.3 Å². The molecule has 4 heteroatoms. The summed E-state index contributed by atoms with van der Waals surface area (Å²) in [6, 6.07) is 8.54. The van der Waals surface area contributed by atoms with Gasteiger partial charge in [0.2, 0.25) is 5.91 Å². The molecule has 2 rings (SSSR count). The lowest BCUT2D eigenvalue weighted by Crippen LogP contribution is -2.34. The Morgan fingerprint density at radius 2 is 1.72 bits per heavy atom. The first-order valence-corrected chi connectivity index (χ1v) is 9.65. The molecule has 0 saturated carbocycles. The van der Waals surface area contributed by atoms with E-state index in [2.05, 4.69) is 48.3 Å². The van der Waals surface area contributed by atoms with E-state index < -0.39 is 0 Å². The second kappa shape index (κ2) is 11.5. The van der Waals surface area contributed by atoms with Crippen molar-refractivity contribution in [1.82, 2.24) is 10.2 Å². The number of hydrogen-bond donors (Lipinski definition) is 1. The van der Waals surface area contributed by atoms with Crippen LogP contribution in [0.3, 0.4) is 0 Å². The molecule has 0 bridgehead atoms. The second-order valence-electron chi connectivity index (χ2n) is 7.61. The molecule has 1 saturated heterocycles. The molecule has 1 aliphatic heterocycles. The fraction of sp³-hybridized carbons (Fsp3) is 0.667. The summed E-state index contributed by atoms with van der Waals surface area (Å²) in [6.07, 6.45) is 6.18. The van der Waals surface area contributed by atoms with E-state index in [0.717, 1.165) is 31.5 Å². The van der Waals surface area contributed by atoms with Crippen molar-refractivity contribution in [2.24, 2.45) is 5.92 Å². The van der Waals surface area contributed by atoms with Crippen LogP contribution in [-0.2, 0) is 11.2 Å². The molecule has 25 heavy (non-hydrogen) atoms. The third kappa shape index (κ3) is 7.79. The first kappa shape index (κ1) is 22.0. The fourth-order valence-electron chi connectivity index (χ4n) is 3.42. The van der Waals surface area contributed by atoms with Crippen molar-refractivity contribution in [3.63, 3.8) is 0 Å². The highest BCUT2D eigenvalue weighted by atomic mass is 35.5. The van der Waals surface area contributed by atoms with E-state index in [-0.39, 0.29) is 24.2 Å². The van der Waals surface area contributed by atoms with Crippen molar-refractivity contribution in [2.45, 2.75) is 58.8 Å². The minimum absolute atomic E-state index is 0. The average molecular weight is 367 g/mol. The fourth-order valence-corrected chi connectivity index (χ4v) is 3.42. The van der Waals surface area contributed by atoms with Gasteiger partial charge in [-0.2, -0.15) is 0 Å². The van der Waals surface area contributed by atoms with Gasteiger partial charge in [-0.25, -0.2) is 0 Å². The number of hydrogen-bond acceptors (Lipinski definition) is 2. The van der Waals surface area contributed by atoms with Crippen molar-refractivity contribution in [2.75, 3.05) is 26.2 Å². The molecular formula is C21H35ClN2O. The summed E-state index contributed by atoms with van der Waals surface area (Å²) in [6.45, 7) is 10.8. The predicted molar refractivity (Wildman–Crippen MR) is 109 cm³/mol. The lowest BCUT2D eigenvalue weighted by Gasteiger charge is -2.26. The first-order valence-electron chi connectivity index (χ1n) is 9.65. The van der Waals surface area contributed by atoms with Gasteiger partial charge in [0.1, 0.15) is 0 Å². The van der Waals surface area contributed by atoms with Crippen molar-refractivity contribution in [3.05, 3.63) is 35.4 Å². The molecule has 142 valence electrons. The number of carbonyl (C=O) groups excluding carboxylic acids is 1. The van der Waals surface area contributed by atoms with Crippen LogP contribution < -0.4 is 5.32 Å². The Labute approximate surface area is 160 Å². The van der Waals surface area contributed by atoms with Crippen LogP contribution in [0.2, 0.25) is 0 Å². The quantitative estimate of drug-likeness (QED) is 0.691. The largest absolute Gasteiger partial charge is 0.356 e. The zero-order valence-electron chi connectivity index (χ0n) is 16.1. The van der Waals surface area contributed by atoms with Crippen LogP contribution in [0.1, 0.15) is 63.5 Å². The number of likely N-dealkylation sites (tertiary alicyclic amines) is 1. The molecule has 0 spiro atoms. The summed E-state index contributed by atoms with van der Waals surface area (Å²) < 4.78 is 0. The topological polar surface area (TPSA) is 32.3 Å². The third-order valence-electron chi connectivity index (χ3n) is 4.92. The maximum absolute atomic E-state index is 12.3. The van der Waals surface area contributed by atoms with Gasteiger partial charge >= 0.3 is 0 Å². The van der Waals surface area contributed by atoms with Crippen LogP contribution in [0.5, 0.6) is 0 Å². The number of nitrogens with zero attached hydrogens (tertiary/aromatic N) is 1. The normalized spacial score (nSPS) is 16.3. The second-order valence-corrected chi connectivity index (χ2v) is 7.61. The van der Waals surface area contributed by atoms with E-state index in [9.17, 15) is 4.79 Å². The number of piperidine rings is 1. The highest BCUT2D eigenvalue weighted by molar-refractivity contribution is 5.85. The molecule has 1 amide bonds. The SMILES string of the molecule is CC(C)Cc1ccc([C@H](C)C(=O)NCCCN2CCCCC2)cc1.Cl. The highest BCUT2D eigenvalue weighted by Gasteiger charge is 2.15. The van der Waals surface area contributed by atoms with Crippen molar-refractivity contribution >= 4 is 18.3 Å². The first-order chi connectivity index (χ1) is 11.6. The Morgan fingerprint density at radius 3 is 2.32 bits per heavy atom. The van der Waals surface area contributed by atoms with Crippen LogP contribution in [0.4, 0.5) is 0 Å². The third-order valence-corrected chi connectivity index (χ3v) is 4.92. The number of carbonyl (C=O) groups is 1. The van der Waals surface area contributed by atoms with Gasteiger partial charge in [0.05, 0.1) is 5.92 Å². The number of nitrogens with one attached hydrogen (secondary N) is 1. The Kier molecular flexibility index (Phi) is 10.1. The molecule has 1 fully saturated rings. The summed E-state index contributed by atoms with van der Waals surface area (Å²) in [5.41, 5.74) is 2.46. The molecule has 0 unspecified atom stereocenters. The number of halogens is 1. The van der Waals surface area contributed by atoms with E-state index in [1.54, 1.807) is 0 Å². The van der Waals surface area contributed by atoms with Crippen LogP contribution in [0, 0.1) is 5.92 Å². The Hall–Kier alpha value is -1.06. The van der Waals surface area contributed by atoms with Crippen LogP contribution >= 0.6 is 12.4 Å². The molecule has 1 N–H and O–H groups in total. The Balaban J connectivity index is 0.00000312. The smallest absolute Gasteiger partial charge is 0.227 e. The van der Waals surface area contributed by atoms with E-state index in [0.29, 0.717) is 5.92 Å². The van der Waals surface area contributed by atoms with Crippen LogP contribution in [-0.4, -0.2) is 37.0 Å². The van der Waals surface area contributed by atoms with Crippen molar-refractivity contribution < 1.29 is 4.79 Å². The summed E-state index contributed by atoms with van der Waals surface area (Å²) in [4.78, 5) is 14.9. The number of amides is 1. The molecule has 1 aliphatic rings. The highest BCUT2D eigenvalue weighted by Crippen LogP contribution is 2.17. The van der Waals surface area contributed by atoms with Gasteiger partial charge in [0, 0.05) is 6.54 Å². The van der Waals surface area contributed by atoms with E-state index in [1.165, 1.54) is 37.9 Å². The standard InChI is InChI=1S/C21H34N2O.ClH/c1-17(2)16-19-8-10-20(11-9-19)18(3)21(24)22-12-7-15-23-13-5-4-6-14-23;/h8-11,17-18H,4-7,12-16H2,1-3H3,(H,22,24);1H/t18-;/m0./s1. The van der Waals surface area contributed by atoms with Gasteiger partial charge in [-0.3, -0.25) is 4.79 Å². The van der Waals surface area contributed by atoms with Crippen molar-refractivity contribution in [1.29, 1.82) is 0 Å². The van der Waals surface area contributed by atoms with Gasteiger partial charge in [-0.05, 0) is 69.3 Å². The number of benzene rings is 1. The summed E-state index contributed by atoms with van der Waals surface area (Å²) in [7, 11) is 0. The summed E-state index contributed by atoms with van der Waals surface area (Å²) in [5.74, 6) is 0.731. The van der Waals surface area contributed by atoms with Gasteiger partial charge in [-0.15, -0.1) is 12.4 Å². The average Bonchev–Trinajstić information content (AvgIpc) is 2.59. The lowest BCUT2D eigenvalue weighted by molar-refractivity contribution is -0.122. The Morgan fingerprint density at radius 1 is 1.08 bits per heavy atom. The number of rotatable bonds is 8. The molecular weight excluding hydrogens is 332 g/mol. The van der Waals surface area contributed by atoms with Gasteiger partial charge in [0.25, 0.3) is 0 Å². The molecule has 1 aromatic carbocycles. The molecule has 0 aliphatic carbocycles. The minimum Gasteiger partial charge on any atom is -0.356 e. The van der Waals surface area contributed by atoms with E-state index in [4.69, 9.17) is 0 Å². The zero-order valence-corrected chi connectivity index (χ0v) is 16.9. The molecule has 1 atom stereocenters. The molecule has 0 aromatic heterocycles. The van der Waals surface area contributed by atoms with Gasteiger partial charge in [-0.1, -0.05) is 44.5 Å². The van der Waals surface area contributed by atoms with Crippen molar-refractivity contribution in [3.8, 4) is 0 Å². The molecule has 1 heterocycles. The summed E-state index contributed by atoms with van der Waals surface area (Å²) in [5, 5.41) is 3.10. The van der Waals surface area contributed by atoms with Crippen LogP contribution in [0.25, 0.3) is 0 Å².